The normalized spacial score (nSPS) is 32.3. The highest BCUT2D eigenvalue weighted by atomic mass is 16.6. The summed E-state index contributed by atoms with van der Waals surface area (Å²) < 4.78 is 5.23. The summed E-state index contributed by atoms with van der Waals surface area (Å²) in [5.41, 5.74) is -0.403. The van der Waals surface area contributed by atoms with Gasteiger partial charge in [0.25, 0.3) is 0 Å². The van der Waals surface area contributed by atoms with E-state index >= 15 is 0 Å². The fourth-order valence-corrected chi connectivity index (χ4v) is 3.00. The SMILES string of the molecule is CC(C)(C)OC(=O)NCC1C[C@H]2CNC[C@H]2C1. The summed E-state index contributed by atoms with van der Waals surface area (Å²) in [7, 11) is 0. The molecule has 1 aliphatic heterocycles. The second-order valence-electron chi connectivity index (χ2n) is 6.40. The van der Waals surface area contributed by atoms with Crippen molar-refractivity contribution in [2.75, 3.05) is 19.6 Å². The summed E-state index contributed by atoms with van der Waals surface area (Å²) in [4.78, 5) is 11.5. The molecule has 1 saturated carbocycles. The molecule has 0 aromatic carbocycles. The van der Waals surface area contributed by atoms with E-state index in [0.29, 0.717) is 5.92 Å². The fourth-order valence-electron chi connectivity index (χ4n) is 3.00. The molecule has 1 saturated heterocycles. The zero-order valence-corrected chi connectivity index (χ0v) is 11.1. The second-order valence-corrected chi connectivity index (χ2v) is 6.40. The number of ether oxygens (including phenoxy) is 1. The smallest absolute Gasteiger partial charge is 0.407 e. The molecule has 3 atom stereocenters. The van der Waals surface area contributed by atoms with Crippen molar-refractivity contribution >= 4 is 6.09 Å². The van der Waals surface area contributed by atoms with Crippen LogP contribution in [0.4, 0.5) is 4.79 Å². The van der Waals surface area contributed by atoms with Crippen LogP contribution in [0.25, 0.3) is 0 Å². The van der Waals surface area contributed by atoms with Crippen LogP contribution in [-0.4, -0.2) is 31.3 Å². The molecule has 1 amide bonds. The fraction of sp³-hybridized carbons (Fsp3) is 0.923. The first-order valence-electron chi connectivity index (χ1n) is 6.61. The van der Waals surface area contributed by atoms with Gasteiger partial charge in [-0.1, -0.05) is 0 Å². The average molecular weight is 240 g/mol. The highest BCUT2D eigenvalue weighted by Gasteiger charge is 2.37. The summed E-state index contributed by atoms with van der Waals surface area (Å²) in [6.45, 7) is 8.75. The number of rotatable bonds is 2. The number of alkyl carbamates (subject to hydrolysis) is 1. The predicted molar refractivity (Wildman–Crippen MR) is 66.8 cm³/mol. The Bertz CT molecular complexity index is 274. The second kappa shape index (κ2) is 4.84. The van der Waals surface area contributed by atoms with Crippen LogP contribution in [-0.2, 0) is 4.74 Å². The van der Waals surface area contributed by atoms with Gasteiger partial charge in [-0.05, 0) is 64.5 Å². The Hall–Kier alpha value is -0.770. The number of nitrogens with one attached hydrogen (secondary N) is 2. The Morgan fingerprint density at radius 3 is 2.41 bits per heavy atom. The van der Waals surface area contributed by atoms with Gasteiger partial charge in [-0.25, -0.2) is 4.79 Å². The lowest BCUT2D eigenvalue weighted by molar-refractivity contribution is 0.0519. The van der Waals surface area contributed by atoms with Gasteiger partial charge in [-0.3, -0.25) is 0 Å². The number of hydrogen-bond donors (Lipinski definition) is 2. The third-order valence-electron chi connectivity index (χ3n) is 3.69. The van der Waals surface area contributed by atoms with Crippen LogP contribution in [0.15, 0.2) is 0 Å². The summed E-state index contributed by atoms with van der Waals surface area (Å²) in [5.74, 6) is 2.31. The maximum Gasteiger partial charge on any atom is 0.407 e. The van der Waals surface area contributed by atoms with Gasteiger partial charge in [0.2, 0.25) is 0 Å². The summed E-state index contributed by atoms with van der Waals surface area (Å²) in [5, 5.41) is 6.32. The van der Waals surface area contributed by atoms with E-state index in [9.17, 15) is 4.79 Å². The molecule has 1 aliphatic carbocycles. The summed E-state index contributed by atoms with van der Waals surface area (Å²) >= 11 is 0. The molecule has 0 bridgehead atoms. The lowest BCUT2D eigenvalue weighted by Crippen LogP contribution is -2.35. The monoisotopic (exact) mass is 240 g/mol. The molecular weight excluding hydrogens is 216 g/mol. The quantitative estimate of drug-likeness (QED) is 0.773. The van der Waals surface area contributed by atoms with Crippen LogP contribution in [0.3, 0.4) is 0 Å². The van der Waals surface area contributed by atoms with Gasteiger partial charge in [0.1, 0.15) is 5.60 Å². The van der Waals surface area contributed by atoms with E-state index in [2.05, 4.69) is 10.6 Å². The Morgan fingerprint density at radius 2 is 1.88 bits per heavy atom. The average Bonchev–Trinajstić information content (AvgIpc) is 2.70. The summed E-state index contributed by atoms with van der Waals surface area (Å²) in [6, 6.07) is 0. The van der Waals surface area contributed by atoms with Crippen molar-refractivity contribution in [3.8, 4) is 0 Å². The minimum Gasteiger partial charge on any atom is -0.444 e. The van der Waals surface area contributed by atoms with E-state index < -0.39 is 5.60 Å². The van der Waals surface area contributed by atoms with Crippen molar-refractivity contribution in [1.82, 2.24) is 10.6 Å². The number of amides is 1. The molecule has 4 heteroatoms. The third-order valence-corrected chi connectivity index (χ3v) is 3.69. The minimum atomic E-state index is -0.403. The van der Waals surface area contributed by atoms with Crippen LogP contribution in [0.5, 0.6) is 0 Å². The van der Waals surface area contributed by atoms with Gasteiger partial charge in [0.15, 0.2) is 0 Å². The lowest BCUT2D eigenvalue weighted by Gasteiger charge is -2.20. The van der Waals surface area contributed by atoms with E-state index in [4.69, 9.17) is 4.74 Å². The Balaban J connectivity index is 1.68. The molecule has 0 aromatic heterocycles. The lowest BCUT2D eigenvalue weighted by atomic mass is 10.0. The molecule has 0 aromatic rings. The molecule has 0 spiro atoms. The highest BCUT2D eigenvalue weighted by molar-refractivity contribution is 5.67. The first kappa shape index (κ1) is 12.7. The Kier molecular flexibility index (Phi) is 3.61. The number of fused-ring (bicyclic) bond motifs is 1. The van der Waals surface area contributed by atoms with Gasteiger partial charge in [0, 0.05) is 6.54 Å². The van der Waals surface area contributed by atoms with Gasteiger partial charge in [-0.15, -0.1) is 0 Å². The van der Waals surface area contributed by atoms with E-state index in [0.717, 1.165) is 31.5 Å². The molecule has 2 aliphatic rings. The first-order valence-corrected chi connectivity index (χ1v) is 6.61. The number of carbonyl (C=O) groups excluding carboxylic acids is 1. The molecule has 1 unspecified atom stereocenters. The highest BCUT2D eigenvalue weighted by Crippen LogP contribution is 2.38. The molecule has 4 nitrogen and oxygen atoms in total. The number of hydrogen-bond acceptors (Lipinski definition) is 3. The number of carbonyl (C=O) groups is 1. The first-order chi connectivity index (χ1) is 7.94. The van der Waals surface area contributed by atoms with Crippen molar-refractivity contribution in [3.05, 3.63) is 0 Å². The molecule has 2 rings (SSSR count). The largest absolute Gasteiger partial charge is 0.444 e. The van der Waals surface area contributed by atoms with Crippen molar-refractivity contribution in [1.29, 1.82) is 0 Å². The van der Waals surface area contributed by atoms with Crippen molar-refractivity contribution in [2.45, 2.75) is 39.2 Å². The van der Waals surface area contributed by atoms with Gasteiger partial charge in [-0.2, -0.15) is 0 Å². The van der Waals surface area contributed by atoms with Gasteiger partial charge in [0.05, 0.1) is 0 Å². The van der Waals surface area contributed by atoms with E-state index in [1.807, 2.05) is 20.8 Å². The predicted octanol–water partition coefficient (Wildman–Crippen LogP) is 1.76. The third kappa shape index (κ3) is 3.60. The topological polar surface area (TPSA) is 50.4 Å². The van der Waals surface area contributed by atoms with E-state index in [1.54, 1.807) is 0 Å². The molecule has 17 heavy (non-hydrogen) atoms. The van der Waals surface area contributed by atoms with Crippen LogP contribution < -0.4 is 10.6 Å². The molecule has 98 valence electrons. The standard InChI is InChI=1S/C13H24N2O2/c1-13(2,3)17-12(16)15-6-9-4-10-7-14-8-11(10)5-9/h9-11,14H,4-8H2,1-3H3,(H,15,16)/t9?,10-,11+. The summed E-state index contributed by atoms with van der Waals surface area (Å²) in [6.07, 6.45) is 2.20. The van der Waals surface area contributed by atoms with Gasteiger partial charge < -0.3 is 15.4 Å². The van der Waals surface area contributed by atoms with Crippen LogP contribution >= 0.6 is 0 Å². The van der Waals surface area contributed by atoms with E-state index in [1.165, 1.54) is 12.8 Å². The Labute approximate surface area is 103 Å². The van der Waals surface area contributed by atoms with Crippen LogP contribution in [0, 0.1) is 17.8 Å². The van der Waals surface area contributed by atoms with Crippen LogP contribution in [0.2, 0.25) is 0 Å². The molecule has 2 N–H and O–H groups in total. The van der Waals surface area contributed by atoms with Crippen molar-refractivity contribution < 1.29 is 9.53 Å². The molecule has 2 fully saturated rings. The maximum atomic E-state index is 11.5. The van der Waals surface area contributed by atoms with Crippen molar-refractivity contribution in [3.63, 3.8) is 0 Å². The van der Waals surface area contributed by atoms with Gasteiger partial charge >= 0.3 is 6.09 Å². The Morgan fingerprint density at radius 1 is 1.29 bits per heavy atom. The van der Waals surface area contributed by atoms with Crippen LogP contribution in [0.1, 0.15) is 33.6 Å². The molecule has 0 radical (unpaired) electrons. The maximum absolute atomic E-state index is 11.5. The molecule has 1 heterocycles. The van der Waals surface area contributed by atoms with E-state index in [-0.39, 0.29) is 6.09 Å². The van der Waals surface area contributed by atoms with Crippen molar-refractivity contribution in [2.24, 2.45) is 17.8 Å². The minimum absolute atomic E-state index is 0.285. The zero-order valence-electron chi connectivity index (χ0n) is 11.1. The zero-order chi connectivity index (χ0) is 12.5. The molecular formula is C13H24N2O2.